The van der Waals surface area contributed by atoms with E-state index in [-0.39, 0.29) is 13.4 Å². The van der Waals surface area contributed by atoms with Gasteiger partial charge in [0.05, 0.1) is 40.8 Å². The van der Waals surface area contributed by atoms with Crippen molar-refractivity contribution < 1.29 is 19.0 Å². The minimum atomic E-state index is -0.147. The highest BCUT2D eigenvalue weighted by Crippen LogP contribution is 2.20. The molecular formula is C33H46NO4+. The minimum Gasteiger partial charge on any atom is -0.494 e. The lowest BCUT2D eigenvalue weighted by molar-refractivity contribution is -0.142. The summed E-state index contributed by atoms with van der Waals surface area (Å²) in [6.45, 7) is 1.79. The monoisotopic (exact) mass is 520 g/mol. The van der Waals surface area contributed by atoms with Crippen molar-refractivity contribution in [1.29, 1.82) is 0 Å². The first-order chi connectivity index (χ1) is 17.9. The third kappa shape index (κ3) is 11.8. The Morgan fingerprint density at radius 1 is 0.632 bits per heavy atom. The average Bonchev–Trinajstić information content (AvgIpc) is 2.89. The van der Waals surface area contributed by atoms with E-state index in [9.17, 15) is 4.79 Å². The van der Waals surface area contributed by atoms with Gasteiger partial charge in [0.1, 0.15) is 23.8 Å². The summed E-state index contributed by atoms with van der Waals surface area (Å²) in [6.07, 6.45) is 6.83. The lowest BCUT2D eigenvalue weighted by atomic mass is 10.1. The summed E-state index contributed by atoms with van der Waals surface area (Å²) in [6, 6.07) is 26.2. The standard InChI is InChI=1S/C32H42NO4.CH4/c1-33(2,3)29-17-15-27(16-18-29)25-32(34)36-24-12-7-5-4-6-11-23-35-30-19-21-31(22-20-30)37-26-28-13-9-8-10-14-28;/h8-10,13-22H,4-7,11-12,23-26H2,1-3H3;1H4/q+1;. The molecule has 206 valence electrons. The molecule has 0 fully saturated rings. The Morgan fingerprint density at radius 3 is 1.79 bits per heavy atom. The molecule has 0 unspecified atom stereocenters. The van der Waals surface area contributed by atoms with Crippen LogP contribution >= 0.6 is 0 Å². The van der Waals surface area contributed by atoms with Crippen LogP contribution in [0, 0.1) is 0 Å². The Labute approximate surface area is 229 Å². The van der Waals surface area contributed by atoms with Gasteiger partial charge in [-0.05, 0) is 60.4 Å². The summed E-state index contributed by atoms with van der Waals surface area (Å²) in [5, 5.41) is 0. The second kappa shape index (κ2) is 16.5. The van der Waals surface area contributed by atoms with E-state index in [1.165, 1.54) is 12.1 Å². The smallest absolute Gasteiger partial charge is 0.310 e. The van der Waals surface area contributed by atoms with Gasteiger partial charge in [-0.25, -0.2) is 0 Å². The summed E-state index contributed by atoms with van der Waals surface area (Å²) < 4.78 is 17.8. The molecule has 0 aliphatic carbocycles. The molecule has 38 heavy (non-hydrogen) atoms. The van der Waals surface area contributed by atoms with Gasteiger partial charge in [0.2, 0.25) is 0 Å². The number of rotatable bonds is 16. The first kappa shape index (κ1) is 30.9. The second-order valence-electron chi connectivity index (χ2n) is 10.3. The highest BCUT2D eigenvalue weighted by molar-refractivity contribution is 5.72. The topological polar surface area (TPSA) is 44.8 Å². The zero-order valence-corrected chi connectivity index (χ0v) is 22.7. The van der Waals surface area contributed by atoms with Crippen molar-refractivity contribution in [3.63, 3.8) is 0 Å². The largest absolute Gasteiger partial charge is 0.494 e. The van der Waals surface area contributed by atoms with Crippen molar-refractivity contribution in [2.45, 2.75) is 59.0 Å². The number of carbonyl (C=O) groups excluding carboxylic acids is 1. The number of benzene rings is 3. The fourth-order valence-corrected chi connectivity index (χ4v) is 3.94. The molecule has 3 aromatic rings. The van der Waals surface area contributed by atoms with Crippen molar-refractivity contribution in [2.24, 2.45) is 0 Å². The molecular weight excluding hydrogens is 474 g/mol. The molecule has 5 heteroatoms. The Morgan fingerprint density at radius 2 is 1.18 bits per heavy atom. The van der Waals surface area contributed by atoms with E-state index in [4.69, 9.17) is 14.2 Å². The molecule has 0 atom stereocenters. The lowest BCUT2D eigenvalue weighted by Crippen LogP contribution is -2.34. The molecule has 0 saturated carbocycles. The van der Waals surface area contributed by atoms with Crippen molar-refractivity contribution in [1.82, 2.24) is 4.48 Å². The fraction of sp³-hybridized carbons (Fsp3) is 0.424. The molecule has 3 aromatic carbocycles. The van der Waals surface area contributed by atoms with Crippen LogP contribution in [0.5, 0.6) is 11.5 Å². The predicted octanol–water partition coefficient (Wildman–Crippen LogP) is 7.60. The Balaban J connectivity index is 0.00000507. The molecule has 0 aromatic heterocycles. The van der Waals surface area contributed by atoms with Gasteiger partial charge >= 0.3 is 5.97 Å². The second-order valence-corrected chi connectivity index (χ2v) is 10.3. The van der Waals surface area contributed by atoms with Crippen LogP contribution in [0.2, 0.25) is 0 Å². The van der Waals surface area contributed by atoms with Crippen LogP contribution in [0.15, 0.2) is 78.9 Å². The summed E-state index contributed by atoms with van der Waals surface area (Å²) in [5.41, 5.74) is 3.36. The minimum absolute atomic E-state index is 0. The van der Waals surface area contributed by atoms with Crippen LogP contribution in [-0.4, -0.2) is 40.3 Å². The van der Waals surface area contributed by atoms with Crippen LogP contribution in [-0.2, 0) is 22.6 Å². The molecule has 3 rings (SSSR count). The summed E-state index contributed by atoms with van der Waals surface area (Å²) >= 11 is 0. The number of esters is 1. The van der Waals surface area contributed by atoms with Crippen LogP contribution in [0.3, 0.4) is 0 Å². The van der Waals surface area contributed by atoms with Gasteiger partial charge in [-0.15, -0.1) is 0 Å². The number of carbonyl (C=O) groups is 1. The van der Waals surface area contributed by atoms with E-state index < -0.39 is 0 Å². The Kier molecular flexibility index (Phi) is 13.4. The maximum atomic E-state index is 12.1. The van der Waals surface area contributed by atoms with Gasteiger partial charge in [-0.1, -0.05) is 75.6 Å². The van der Waals surface area contributed by atoms with Gasteiger partial charge < -0.3 is 14.2 Å². The molecule has 0 amide bonds. The maximum absolute atomic E-state index is 12.1. The molecule has 0 spiro atoms. The average molecular weight is 521 g/mol. The molecule has 0 bridgehead atoms. The van der Waals surface area contributed by atoms with E-state index in [2.05, 4.69) is 45.4 Å². The summed E-state index contributed by atoms with van der Waals surface area (Å²) in [4.78, 5) is 12.1. The molecule has 0 radical (unpaired) electrons. The third-order valence-corrected chi connectivity index (χ3v) is 6.20. The van der Waals surface area contributed by atoms with Gasteiger partial charge in [0, 0.05) is 0 Å². The maximum Gasteiger partial charge on any atom is 0.310 e. The number of nitrogens with zero attached hydrogens (tertiary/aromatic N) is 1. The Bertz CT molecular complexity index is 1040. The van der Waals surface area contributed by atoms with E-state index in [1.807, 2.05) is 54.6 Å². The van der Waals surface area contributed by atoms with Gasteiger partial charge in [0.25, 0.3) is 0 Å². The zero-order valence-electron chi connectivity index (χ0n) is 22.7. The summed E-state index contributed by atoms with van der Waals surface area (Å²) in [5.74, 6) is 1.57. The van der Waals surface area contributed by atoms with Crippen molar-refractivity contribution in [3.8, 4) is 11.5 Å². The zero-order chi connectivity index (χ0) is 26.3. The van der Waals surface area contributed by atoms with Crippen molar-refractivity contribution >= 4 is 11.7 Å². The quantitative estimate of drug-likeness (QED) is 0.111. The highest BCUT2D eigenvalue weighted by Gasteiger charge is 2.12. The molecule has 0 saturated heterocycles. The van der Waals surface area contributed by atoms with E-state index >= 15 is 0 Å². The van der Waals surface area contributed by atoms with E-state index in [0.29, 0.717) is 19.6 Å². The first-order valence-corrected chi connectivity index (χ1v) is 13.4. The number of ether oxygens (including phenoxy) is 3. The SMILES string of the molecule is C.C[N+](C)(C)c1ccc(CC(=O)OCCCCCCCCOc2ccc(OCc3ccccc3)cc2)cc1. The molecule has 0 heterocycles. The lowest BCUT2D eigenvalue weighted by Gasteiger charge is -2.23. The van der Waals surface area contributed by atoms with Crippen molar-refractivity contribution in [2.75, 3.05) is 34.4 Å². The van der Waals surface area contributed by atoms with Gasteiger partial charge in [0.15, 0.2) is 0 Å². The van der Waals surface area contributed by atoms with Crippen LogP contribution in [0.25, 0.3) is 0 Å². The number of hydrogen-bond acceptors (Lipinski definition) is 4. The van der Waals surface area contributed by atoms with Crippen LogP contribution in [0.4, 0.5) is 5.69 Å². The van der Waals surface area contributed by atoms with E-state index in [1.54, 1.807) is 0 Å². The number of unbranched alkanes of at least 4 members (excludes halogenated alkanes) is 5. The third-order valence-electron chi connectivity index (χ3n) is 6.20. The molecule has 0 N–H and O–H groups in total. The molecule has 5 nitrogen and oxygen atoms in total. The first-order valence-electron chi connectivity index (χ1n) is 13.4. The fourth-order valence-electron chi connectivity index (χ4n) is 3.94. The van der Waals surface area contributed by atoms with Crippen molar-refractivity contribution in [3.05, 3.63) is 90.0 Å². The number of quaternary nitrogens is 1. The van der Waals surface area contributed by atoms with Crippen LogP contribution in [0.1, 0.15) is 57.1 Å². The normalized spacial score (nSPS) is 10.9. The predicted molar refractivity (Wildman–Crippen MR) is 158 cm³/mol. The highest BCUT2D eigenvalue weighted by atomic mass is 16.5. The van der Waals surface area contributed by atoms with E-state index in [0.717, 1.165) is 65.8 Å². The van der Waals surface area contributed by atoms with Crippen LogP contribution < -0.4 is 14.0 Å². The van der Waals surface area contributed by atoms with Gasteiger partial charge in [-0.3, -0.25) is 9.28 Å². The summed E-state index contributed by atoms with van der Waals surface area (Å²) in [7, 11) is 6.38. The Hall–Kier alpha value is -3.31. The molecule has 0 aliphatic rings. The number of hydrogen-bond donors (Lipinski definition) is 0. The molecule has 0 aliphatic heterocycles. The van der Waals surface area contributed by atoms with Gasteiger partial charge in [-0.2, -0.15) is 0 Å².